The topological polar surface area (TPSA) is 28.7 Å². The SMILES string of the molecule is CCc1ccc(-c2[nH]cnc(=S)c2C)cc1. The second kappa shape index (κ2) is 4.58. The molecule has 1 aromatic heterocycles. The molecule has 0 saturated heterocycles. The highest BCUT2D eigenvalue weighted by Gasteiger charge is 2.03. The van der Waals surface area contributed by atoms with Gasteiger partial charge < -0.3 is 4.98 Å². The largest absolute Gasteiger partial charge is 0.346 e. The molecular formula is C13H14N2S. The molecule has 0 aliphatic rings. The van der Waals surface area contributed by atoms with Gasteiger partial charge in [-0.25, -0.2) is 4.98 Å². The Kier molecular flexibility index (Phi) is 3.15. The third-order valence-electron chi connectivity index (χ3n) is 2.74. The van der Waals surface area contributed by atoms with E-state index in [1.165, 1.54) is 5.56 Å². The van der Waals surface area contributed by atoms with Crippen molar-refractivity contribution in [3.63, 3.8) is 0 Å². The van der Waals surface area contributed by atoms with E-state index >= 15 is 0 Å². The van der Waals surface area contributed by atoms with Crippen molar-refractivity contribution in [2.45, 2.75) is 20.3 Å². The second-order valence-corrected chi connectivity index (χ2v) is 4.14. The predicted octanol–water partition coefficient (Wildman–Crippen LogP) is 3.68. The molecule has 2 rings (SSSR count). The lowest BCUT2D eigenvalue weighted by Crippen LogP contribution is -1.91. The zero-order valence-electron chi connectivity index (χ0n) is 9.45. The van der Waals surface area contributed by atoms with Crippen LogP contribution in [0.3, 0.4) is 0 Å². The van der Waals surface area contributed by atoms with Gasteiger partial charge in [0.25, 0.3) is 0 Å². The van der Waals surface area contributed by atoms with E-state index in [1.54, 1.807) is 6.33 Å². The maximum atomic E-state index is 5.16. The average molecular weight is 230 g/mol. The lowest BCUT2D eigenvalue weighted by molar-refractivity contribution is 1.11. The molecule has 0 atom stereocenters. The summed E-state index contributed by atoms with van der Waals surface area (Å²) in [6.07, 6.45) is 2.71. The second-order valence-electron chi connectivity index (χ2n) is 3.76. The van der Waals surface area contributed by atoms with E-state index in [-0.39, 0.29) is 0 Å². The molecule has 0 radical (unpaired) electrons. The van der Waals surface area contributed by atoms with Gasteiger partial charge in [-0.05, 0) is 24.5 Å². The van der Waals surface area contributed by atoms with Crippen molar-refractivity contribution in [2.24, 2.45) is 0 Å². The maximum Gasteiger partial charge on any atom is 0.132 e. The lowest BCUT2D eigenvalue weighted by Gasteiger charge is -2.06. The van der Waals surface area contributed by atoms with Crippen LogP contribution in [-0.2, 0) is 6.42 Å². The monoisotopic (exact) mass is 230 g/mol. The first kappa shape index (κ1) is 11.0. The van der Waals surface area contributed by atoms with E-state index in [2.05, 4.69) is 41.2 Å². The van der Waals surface area contributed by atoms with Crippen molar-refractivity contribution < 1.29 is 0 Å². The third-order valence-corrected chi connectivity index (χ3v) is 3.15. The van der Waals surface area contributed by atoms with Crippen LogP contribution in [0, 0.1) is 11.6 Å². The molecule has 0 fully saturated rings. The Morgan fingerprint density at radius 2 is 1.94 bits per heavy atom. The number of aryl methyl sites for hydroxylation is 1. The molecule has 0 saturated carbocycles. The van der Waals surface area contributed by atoms with Gasteiger partial charge in [0.15, 0.2) is 0 Å². The standard InChI is InChI=1S/C13H14N2S/c1-3-10-4-6-11(7-5-10)12-9(2)13(16)15-8-14-12/h4-8H,3H2,1-2H3,(H,14,15,16). The summed E-state index contributed by atoms with van der Waals surface area (Å²) in [6.45, 7) is 4.15. The molecule has 0 unspecified atom stereocenters. The molecule has 0 amide bonds. The molecule has 0 aliphatic carbocycles. The number of hydrogen-bond donors (Lipinski definition) is 1. The highest BCUT2D eigenvalue weighted by atomic mass is 32.1. The maximum absolute atomic E-state index is 5.16. The number of nitrogens with one attached hydrogen (secondary N) is 1. The van der Waals surface area contributed by atoms with E-state index in [1.807, 2.05) is 6.92 Å². The molecule has 0 spiro atoms. The highest BCUT2D eigenvalue weighted by Crippen LogP contribution is 2.21. The summed E-state index contributed by atoms with van der Waals surface area (Å²) in [5.41, 5.74) is 4.58. The quantitative estimate of drug-likeness (QED) is 0.797. The first-order valence-electron chi connectivity index (χ1n) is 5.36. The number of aromatic amines is 1. The summed E-state index contributed by atoms with van der Waals surface area (Å²) in [7, 11) is 0. The summed E-state index contributed by atoms with van der Waals surface area (Å²) < 4.78 is 0.660. The molecule has 82 valence electrons. The Hall–Kier alpha value is -1.48. The van der Waals surface area contributed by atoms with Crippen molar-refractivity contribution in [3.8, 4) is 11.3 Å². The summed E-state index contributed by atoms with van der Waals surface area (Å²) in [6, 6.07) is 8.52. The van der Waals surface area contributed by atoms with Crippen molar-refractivity contribution >= 4 is 12.2 Å². The third kappa shape index (κ3) is 2.04. The fraction of sp³-hybridized carbons (Fsp3) is 0.231. The van der Waals surface area contributed by atoms with Crippen LogP contribution in [0.5, 0.6) is 0 Å². The smallest absolute Gasteiger partial charge is 0.132 e. The highest BCUT2D eigenvalue weighted by molar-refractivity contribution is 7.71. The number of benzene rings is 1. The fourth-order valence-corrected chi connectivity index (χ4v) is 1.83. The molecule has 0 aliphatic heterocycles. The molecule has 0 bridgehead atoms. The minimum atomic E-state index is 0.660. The van der Waals surface area contributed by atoms with Gasteiger partial charge in [0.1, 0.15) is 4.64 Å². The van der Waals surface area contributed by atoms with Gasteiger partial charge in [-0.1, -0.05) is 43.4 Å². The van der Waals surface area contributed by atoms with Crippen LogP contribution in [0.15, 0.2) is 30.6 Å². The number of hydrogen-bond acceptors (Lipinski definition) is 2. The molecule has 2 nitrogen and oxygen atoms in total. The van der Waals surface area contributed by atoms with Gasteiger partial charge in [0.05, 0.1) is 12.0 Å². The van der Waals surface area contributed by atoms with Gasteiger partial charge in [-0.2, -0.15) is 0 Å². The van der Waals surface area contributed by atoms with E-state index in [9.17, 15) is 0 Å². The number of H-pyrrole nitrogens is 1. The lowest BCUT2D eigenvalue weighted by atomic mass is 10.1. The van der Waals surface area contributed by atoms with Crippen LogP contribution >= 0.6 is 12.2 Å². The van der Waals surface area contributed by atoms with Crippen molar-refractivity contribution in [1.29, 1.82) is 0 Å². The minimum absolute atomic E-state index is 0.660. The van der Waals surface area contributed by atoms with Crippen LogP contribution in [-0.4, -0.2) is 9.97 Å². The summed E-state index contributed by atoms with van der Waals surface area (Å²) in [5, 5.41) is 0. The minimum Gasteiger partial charge on any atom is -0.346 e. The Balaban J connectivity index is 2.50. The van der Waals surface area contributed by atoms with Crippen molar-refractivity contribution in [3.05, 3.63) is 46.4 Å². The first-order chi connectivity index (χ1) is 7.72. The van der Waals surface area contributed by atoms with Gasteiger partial charge in [0.2, 0.25) is 0 Å². The first-order valence-corrected chi connectivity index (χ1v) is 5.76. The van der Waals surface area contributed by atoms with Gasteiger partial charge >= 0.3 is 0 Å². The van der Waals surface area contributed by atoms with Gasteiger partial charge in [0, 0.05) is 5.56 Å². The van der Waals surface area contributed by atoms with Crippen LogP contribution < -0.4 is 0 Å². The summed E-state index contributed by atoms with van der Waals surface area (Å²) in [5.74, 6) is 0. The molecular weight excluding hydrogens is 216 g/mol. The van der Waals surface area contributed by atoms with Crippen molar-refractivity contribution in [1.82, 2.24) is 9.97 Å². The van der Waals surface area contributed by atoms with Crippen LogP contribution in [0.4, 0.5) is 0 Å². The Morgan fingerprint density at radius 1 is 1.25 bits per heavy atom. The Bertz CT molecular complexity index is 541. The molecule has 3 heteroatoms. The van der Waals surface area contributed by atoms with E-state index < -0.39 is 0 Å². The number of rotatable bonds is 2. The van der Waals surface area contributed by atoms with E-state index in [0.717, 1.165) is 23.2 Å². The fourth-order valence-electron chi connectivity index (χ4n) is 1.67. The zero-order valence-corrected chi connectivity index (χ0v) is 10.3. The van der Waals surface area contributed by atoms with E-state index in [4.69, 9.17) is 12.2 Å². The number of nitrogens with zero attached hydrogens (tertiary/aromatic N) is 1. The van der Waals surface area contributed by atoms with Gasteiger partial charge in [-0.3, -0.25) is 0 Å². The summed E-state index contributed by atoms with van der Waals surface area (Å²) >= 11 is 5.16. The molecule has 1 heterocycles. The molecule has 1 N–H and O–H groups in total. The normalized spacial score (nSPS) is 10.4. The number of aromatic nitrogens is 2. The van der Waals surface area contributed by atoms with Crippen molar-refractivity contribution in [2.75, 3.05) is 0 Å². The van der Waals surface area contributed by atoms with Crippen LogP contribution in [0.1, 0.15) is 18.1 Å². The van der Waals surface area contributed by atoms with Crippen LogP contribution in [0.25, 0.3) is 11.3 Å². The zero-order chi connectivity index (χ0) is 11.5. The summed E-state index contributed by atoms with van der Waals surface area (Å²) in [4.78, 5) is 7.21. The van der Waals surface area contributed by atoms with Crippen LogP contribution in [0.2, 0.25) is 0 Å². The molecule has 16 heavy (non-hydrogen) atoms. The Morgan fingerprint density at radius 3 is 2.56 bits per heavy atom. The Labute approximate surface area is 100 Å². The molecule has 2 aromatic rings. The molecule has 1 aromatic carbocycles. The van der Waals surface area contributed by atoms with Gasteiger partial charge in [-0.15, -0.1) is 0 Å². The van der Waals surface area contributed by atoms with E-state index in [0.29, 0.717) is 4.64 Å². The predicted molar refractivity (Wildman–Crippen MR) is 69.0 cm³/mol. The average Bonchev–Trinajstić information content (AvgIpc) is 2.33.